The molecule has 1 amide bonds. The summed E-state index contributed by atoms with van der Waals surface area (Å²) in [6.45, 7) is 12.9. The van der Waals surface area contributed by atoms with Gasteiger partial charge in [-0.05, 0) is 37.5 Å². The van der Waals surface area contributed by atoms with Crippen molar-refractivity contribution >= 4 is 17.3 Å². The maximum atomic E-state index is 12.8. The van der Waals surface area contributed by atoms with Gasteiger partial charge in [0.2, 0.25) is 5.91 Å². The third-order valence-corrected chi connectivity index (χ3v) is 6.85. The normalized spacial score (nSPS) is 22.9. The van der Waals surface area contributed by atoms with Crippen LogP contribution in [0.4, 0.5) is 11.4 Å². The second kappa shape index (κ2) is 8.75. The summed E-state index contributed by atoms with van der Waals surface area (Å²) in [5, 5.41) is 0. The molecule has 0 bridgehead atoms. The zero-order valence-corrected chi connectivity index (χ0v) is 19.7. The Balaban J connectivity index is 1.71. The topological polar surface area (TPSA) is 68.0 Å². The van der Waals surface area contributed by atoms with Gasteiger partial charge in [-0.25, -0.2) is 0 Å². The number of carbonyl (C=O) groups excluding carboxylic acids is 1. The van der Waals surface area contributed by atoms with Gasteiger partial charge >= 0.3 is 0 Å². The number of amides is 1. The van der Waals surface area contributed by atoms with Gasteiger partial charge in [0.1, 0.15) is 12.4 Å². The van der Waals surface area contributed by atoms with Crippen LogP contribution >= 0.6 is 0 Å². The minimum absolute atomic E-state index is 0.0235. The summed E-state index contributed by atoms with van der Waals surface area (Å²) in [6, 6.07) is 14.5. The van der Waals surface area contributed by atoms with E-state index in [4.69, 9.17) is 15.2 Å². The monoisotopic (exact) mass is 437 g/mol. The molecule has 2 aliphatic rings. The molecule has 6 nitrogen and oxygen atoms in total. The molecule has 2 aromatic rings. The van der Waals surface area contributed by atoms with Crippen molar-refractivity contribution in [3.63, 3.8) is 0 Å². The summed E-state index contributed by atoms with van der Waals surface area (Å²) < 4.78 is 11.5. The molecule has 6 heteroatoms. The first kappa shape index (κ1) is 22.6. The van der Waals surface area contributed by atoms with E-state index in [2.05, 4.69) is 49.9 Å². The van der Waals surface area contributed by atoms with E-state index in [1.807, 2.05) is 23.1 Å². The summed E-state index contributed by atoms with van der Waals surface area (Å²) in [5.74, 6) is 0.659. The molecule has 0 saturated carbocycles. The van der Waals surface area contributed by atoms with E-state index in [9.17, 15) is 4.79 Å². The number of hydrogen-bond acceptors (Lipinski definition) is 5. The molecule has 1 saturated heterocycles. The Bertz CT molecular complexity index is 970. The van der Waals surface area contributed by atoms with Gasteiger partial charge < -0.3 is 20.1 Å². The average Bonchev–Trinajstić information content (AvgIpc) is 2.75. The van der Waals surface area contributed by atoms with Crippen molar-refractivity contribution in [2.24, 2.45) is 0 Å². The van der Waals surface area contributed by atoms with Crippen LogP contribution in [-0.2, 0) is 14.9 Å². The highest BCUT2D eigenvalue weighted by Gasteiger charge is 2.47. The third kappa shape index (κ3) is 4.21. The van der Waals surface area contributed by atoms with E-state index in [1.54, 1.807) is 6.92 Å². The lowest BCUT2D eigenvalue weighted by atomic mass is 9.65. The van der Waals surface area contributed by atoms with Crippen molar-refractivity contribution in [2.75, 3.05) is 50.1 Å². The third-order valence-electron chi connectivity index (χ3n) is 6.85. The highest BCUT2D eigenvalue weighted by Crippen LogP contribution is 2.52. The number of rotatable bonds is 5. The molecule has 0 aromatic heterocycles. The molecule has 0 radical (unpaired) electrons. The molecule has 4 rings (SSSR count). The van der Waals surface area contributed by atoms with E-state index in [-0.39, 0.29) is 16.9 Å². The standard InChI is InChI=1S/C26H35N3O3/c1-19(30)29-23-17-24(32-15-12-28-10-13-31-14-11-28)22(27)16-21(23)26(4,18-25(29,2)3)20-8-6-5-7-9-20/h5-9,16-17H,10-15,18,27H2,1-4H3. The fraction of sp³-hybridized carbons (Fsp3) is 0.500. The predicted molar refractivity (Wildman–Crippen MR) is 128 cm³/mol. The Morgan fingerprint density at radius 1 is 1.12 bits per heavy atom. The van der Waals surface area contributed by atoms with Crippen LogP contribution in [0.25, 0.3) is 0 Å². The van der Waals surface area contributed by atoms with Gasteiger partial charge in [0.05, 0.1) is 24.6 Å². The fourth-order valence-corrected chi connectivity index (χ4v) is 5.47. The number of hydrogen-bond donors (Lipinski definition) is 1. The zero-order chi connectivity index (χ0) is 22.9. The van der Waals surface area contributed by atoms with Crippen LogP contribution in [0.2, 0.25) is 0 Å². The van der Waals surface area contributed by atoms with E-state index in [0.717, 1.165) is 50.5 Å². The molecule has 1 unspecified atom stereocenters. The number of anilines is 2. The molecular formula is C26H35N3O3. The van der Waals surface area contributed by atoms with Gasteiger partial charge in [-0.1, -0.05) is 37.3 Å². The summed E-state index contributed by atoms with van der Waals surface area (Å²) in [7, 11) is 0. The lowest BCUT2D eigenvalue weighted by Gasteiger charge is -2.51. The van der Waals surface area contributed by atoms with Crippen molar-refractivity contribution in [1.82, 2.24) is 4.90 Å². The number of nitrogens with zero attached hydrogens (tertiary/aromatic N) is 2. The second-order valence-electron chi connectivity index (χ2n) is 9.75. The Kier molecular flexibility index (Phi) is 6.19. The molecule has 2 aliphatic heterocycles. The van der Waals surface area contributed by atoms with Gasteiger partial charge in [-0.15, -0.1) is 0 Å². The number of carbonyl (C=O) groups is 1. The quantitative estimate of drug-likeness (QED) is 0.721. The Labute approximate surface area is 191 Å². The number of nitrogens with two attached hydrogens (primary N) is 1. The lowest BCUT2D eigenvalue weighted by molar-refractivity contribution is -0.117. The molecule has 172 valence electrons. The fourth-order valence-electron chi connectivity index (χ4n) is 5.47. The zero-order valence-electron chi connectivity index (χ0n) is 19.7. The van der Waals surface area contributed by atoms with Crippen LogP contribution in [0.1, 0.15) is 45.2 Å². The maximum absolute atomic E-state index is 12.8. The van der Waals surface area contributed by atoms with E-state index in [0.29, 0.717) is 18.0 Å². The number of ether oxygens (including phenoxy) is 2. The maximum Gasteiger partial charge on any atom is 0.224 e. The Hall–Kier alpha value is -2.57. The van der Waals surface area contributed by atoms with Gasteiger partial charge in [0.25, 0.3) is 0 Å². The second-order valence-corrected chi connectivity index (χ2v) is 9.75. The lowest BCUT2D eigenvalue weighted by Crippen LogP contribution is -2.55. The first-order valence-electron chi connectivity index (χ1n) is 11.5. The summed E-state index contributed by atoms with van der Waals surface area (Å²) in [4.78, 5) is 17.0. The van der Waals surface area contributed by atoms with Crippen molar-refractivity contribution in [3.05, 3.63) is 53.6 Å². The summed E-state index contributed by atoms with van der Waals surface area (Å²) in [5.41, 5.74) is 9.64. The van der Waals surface area contributed by atoms with Gasteiger partial charge in [-0.3, -0.25) is 9.69 Å². The van der Waals surface area contributed by atoms with Crippen molar-refractivity contribution in [3.8, 4) is 5.75 Å². The predicted octanol–water partition coefficient (Wildman–Crippen LogP) is 3.82. The molecule has 0 aliphatic carbocycles. The molecule has 1 fully saturated rings. The molecule has 2 heterocycles. The number of nitrogen functional groups attached to an aromatic ring is 1. The highest BCUT2D eigenvalue weighted by atomic mass is 16.5. The molecule has 0 spiro atoms. The minimum atomic E-state index is -0.357. The number of morpholine rings is 1. The first-order chi connectivity index (χ1) is 15.2. The van der Waals surface area contributed by atoms with Crippen molar-refractivity contribution < 1.29 is 14.3 Å². The van der Waals surface area contributed by atoms with Crippen molar-refractivity contribution in [2.45, 2.75) is 45.1 Å². The SMILES string of the molecule is CC(=O)N1c2cc(OCCN3CCOCC3)c(N)cc2C(C)(c2ccccc2)CC1(C)C. The Morgan fingerprint density at radius 3 is 2.47 bits per heavy atom. The molecule has 1 atom stereocenters. The van der Waals surface area contributed by atoms with E-state index in [1.165, 1.54) is 5.56 Å². The van der Waals surface area contributed by atoms with Gasteiger partial charge in [0.15, 0.2) is 0 Å². The first-order valence-corrected chi connectivity index (χ1v) is 11.5. The highest BCUT2D eigenvalue weighted by molar-refractivity contribution is 5.96. The number of fused-ring (bicyclic) bond motifs is 1. The largest absolute Gasteiger partial charge is 0.490 e. The van der Waals surface area contributed by atoms with Crippen molar-refractivity contribution in [1.29, 1.82) is 0 Å². The van der Waals surface area contributed by atoms with Crippen LogP contribution in [0, 0.1) is 0 Å². The van der Waals surface area contributed by atoms with Crippen LogP contribution < -0.4 is 15.4 Å². The van der Waals surface area contributed by atoms with E-state index >= 15 is 0 Å². The Morgan fingerprint density at radius 2 is 1.81 bits per heavy atom. The van der Waals surface area contributed by atoms with Crippen LogP contribution in [0.3, 0.4) is 0 Å². The number of benzene rings is 2. The van der Waals surface area contributed by atoms with Gasteiger partial charge in [-0.2, -0.15) is 0 Å². The summed E-state index contributed by atoms with van der Waals surface area (Å²) in [6.07, 6.45) is 0.799. The molecular weight excluding hydrogens is 402 g/mol. The average molecular weight is 438 g/mol. The minimum Gasteiger partial charge on any atom is -0.490 e. The molecule has 2 aromatic carbocycles. The van der Waals surface area contributed by atoms with Crippen LogP contribution in [0.15, 0.2) is 42.5 Å². The molecule has 32 heavy (non-hydrogen) atoms. The van der Waals surface area contributed by atoms with E-state index < -0.39 is 0 Å². The van der Waals surface area contributed by atoms with Crippen LogP contribution in [0.5, 0.6) is 5.75 Å². The van der Waals surface area contributed by atoms with Gasteiger partial charge in [0, 0.05) is 43.6 Å². The van der Waals surface area contributed by atoms with Crippen LogP contribution in [-0.4, -0.2) is 55.8 Å². The smallest absolute Gasteiger partial charge is 0.224 e. The summed E-state index contributed by atoms with van der Waals surface area (Å²) >= 11 is 0. The molecule has 2 N–H and O–H groups in total.